The lowest BCUT2D eigenvalue weighted by molar-refractivity contribution is -0.142. The Morgan fingerprint density at radius 3 is 2.63 bits per heavy atom. The smallest absolute Gasteiger partial charge is 0.323 e. The number of nitrogen functional groups attached to an aromatic ring is 1. The SMILES string of the molecule is COC(=O)C(C)NS(=O)(=O)c1cc(N)c(F)cc1Br. The number of methoxy groups -OCH3 is 1. The summed E-state index contributed by atoms with van der Waals surface area (Å²) in [7, 11) is -2.89. The highest BCUT2D eigenvalue weighted by Crippen LogP contribution is 2.26. The number of nitrogens with one attached hydrogen (secondary N) is 1. The summed E-state index contributed by atoms with van der Waals surface area (Å²) in [5.41, 5.74) is 5.01. The van der Waals surface area contributed by atoms with Gasteiger partial charge in [-0.3, -0.25) is 4.79 Å². The summed E-state index contributed by atoms with van der Waals surface area (Å²) in [4.78, 5) is 10.9. The Bertz CT molecular complexity index is 606. The second-order valence-corrected chi connectivity index (χ2v) is 6.21. The number of anilines is 1. The summed E-state index contributed by atoms with van der Waals surface area (Å²) in [5.74, 6) is -1.48. The van der Waals surface area contributed by atoms with Crippen LogP contribution in [0, 0.1) is 5.82 Å². The molecule has 0 bridgehead atoms. The van der Waals surface area contributed by atoms with Crippen molar-refractivity contribution in [2.45, 2.75) is 17.9 Å². The first-order chi connectivity index (χ1) is 8.69. The summed E-state index contributed by atoms with van der Waals surface area (Å²) in [5, 5.41) is 0. The van der Waals surface area contributed by atoms with E-state index in [0.717, 1.165) is 19.2 Å². The highest BCUT2D eigenvalue weighted by atomic mass is 79.9. The number of hydrogen-bond donors (Lipinski definition) is 2. The average Bonchev–Trinajstić information content (AvgIpc) is 2.31. The summed E-state index contributed by atoms with van der Waals surface area (Å²) in [6, 6.07) is 0.825. The predicted molar refractivity (Wildman–Crippen MR) is 70.3 cm³/mol. The normalized spacial score (nSPS) is 13.1. The Kier molecular flexibility index (Phi) is 4.88. The van der Waals surface area contributed by atoms with Gasteiger partial charge in [0.05, 0.1) is 17.7 Å². The zero-order valence-corrected chi connectivity index (χ0v) is 12.5. The van der Waals surface area contributed by atoms with Gasteiger partial charge >= 0.3 is 5.97 Å². The van der Waals surface area contributed by atoms with E-state index >= 15 is 0 Å². The van der Waals surface area contributed by atoms with E-state index in [-0.39, 0.29) is 15.1 Å². The largest absolute Gasteiger partial charge is 0.468 e. The molecule has 0 saturated carbocycles. The van der Waals surface area contributed by atoms with Crippen molar-refractivity contribution >= 4 is 37.6 Å². The van der Waals surface area contributed by atoms with Crippen LogP contribution in [-0.2, 0) is 19.6 Å². The fraction of sp³-hybridized carbons (Fsp3) is 0.300. The molecule has 0 aliphatic heterocycles. The second kappa shape index (κ2) is 5.85. The third kappa shape index (κ3) is 3.64. The average molecular weight is 355 g/mol. The lowest BCUT2D eigenvalue weighted by atomic mass is 10.3. The van der Waals surface area contributed by atoms with Crippen LogP contribution in [0.5, 0.6) is 0 Å². The van der Waals surface area contributed by atoms with Crippen molar-refractivity contribution in [2.75, 3.05) is 12.8 Å². The van der Waals surface area contributed by atoms with Gasteiger partial charge in [-0.15, -0.1) is 0 Å². The molecule has 1 unspecified atom stereocenters. The van der Waals surface area contributed by atoms with E-state index in [2.05, 4.69) is 25.4 Å². The maximum absolute atomic E-state index is 13.1. The number of benzene rings is 1. The van der Waals surface area contributed by atoms with Crippen molar-refractivity contribution in [3.8, 4) is 0 Å². The fourth-order valence-corrected chi connectivity index (χ4v) is 3.51. The molecule has 1 rings (SSSR count). The van der Waals surface area contributed by atoms with Gasteiger partial charge < -0.3 is 10.5 Å². The molecule has 0 radical (unpaired) electrons. The van der Waals surface area contributed by atoms with Crippen molar-refractivity contribution in [1.29, 1.82) is 0 Å². The lowest BCUT2D eigenvalue weighted by Gasteiger charge is -2.13. The Balaban J connectivity index is 3.14. The molecule has 0 aliphatic carbocycles. The number of nitrogens with two attached hydrogens (primary N) is 1. The van der Waals surface area contributed by atoms with Gasteiger partial charge in [-0.25, -0.2) is 12.8 Å². The molecular weight excluding hydrogens is 343 g/mol. The predicted octanol–water partition coefficient (Wildman–Crippen LogP) is 1.01. The van der Waals surface area contributed by atoms with Crippen molar-refractivity contribution in [1.82, 2.24) is 4.72 Å². The van der Waals surface area contributed by atoms with Crippen LogP contribution in [0.1, 0.15) is 6.92 Å². The van der Waals surface area contributed by atoms with Gasteiger partial charge in [0.25, 0.3) is 0 Å². The van der Waals surface area contributed by atoms with Crippen molar-refractivity contribution in [2.24, 2.45) is 0 Å². The highest BCUT2D eigenvalue weighted by molar-refractivity contribution is 9.10. The van der Waals surface area contributed by atoms with Gasteiger partial charge in [-0.05, 0) is 35.0 Å². The zero-order chi connectivity index (χ0) is 14.8. The fourth-order valence-electron chi connectivity index (χ4n) is 1.27. The van der Waals surface area contributed by atoms with E-state index in [1.54, 1.807) is 0 Å². The van der Waals surface area contributed by atoms with Crippen LogP contribution in [0.4, 0.5) is 10.1 Å². The molecule has 0 aliphatic rings. The molecule has 9 heteroatoms. The molecule has 1 atom stereocenters. The number of esters is 1. The van der Waals surface area contributed by atoms with Gasteiger partial charge in [0.15, 0.2) is 0 Å². The van der Waals surface area contributed by atoms with E-state index in [4.69, 9.17) is 5.73 Å². The van der Waals surface area contributed by atoms with E-state index in [9.17, 15) is 17.6 Å². The second-order valence-electron chi connectivity index (χ2n) is 3.67. The minimum Gasteiger partial charge on any atom is -0.468 e. The van der Waals surface area contributed by atoms with E-state index < -0.39 is 27.9 Å². The number of sulfonamides is 1. The quantitative estimate of drug-likeness (QED) is 0.621. The Hall–Kier alpha value is -1.19. The Labute approximate surface area is 118 Å². The van der Waals surface area contributed by atoms with Crippen LogP contribution in [0.25, 0.3) is 0 Å². The Morgan fingerprint density at radius 1 is 1.53 bits per heavy atom. The van der Waals surface area contributed by atoms with Crippen LogP contribution >= 0.6 is 15.9 Å². The first kappa shape index (κ1) is 15.9. The standard InChI is InChI=1S/C10H12BrFN2O4S/c1-5(10(15)18-2)14-19(16,17)9-4-8(13)7(12)3-6(9)11/h3-5,14H,13H2,1-2H3. The number of halogens is 2. The molecule has 0 amide bonds. The first-order valence-electron chi connectivity index (χ1n) is 5.03. The molecular formula is C10H12BrFN2O4S. The molecule has 0 saturated heterocycles. The molecule has 0 spiro atoms. The molecule has 106 valence electrons. The molecule has 3 N–H and O–H groups in total. The van der Waals surface area contributed by atoms with E-state index in [0.29, 0.717) is 0 Å². The van der Waals surface area contributed by atoms with Crippen molar-refractivity contribution < 1.29 is 22.3 Å². The van der Waals surface area contributed by atoms with E-state index in [1.165, 1.54) is 6.92 Å². The topological polar surface area (TPSA) is 98.5 Å². The maximum atomic E-state index is 13.1. The highest BCUT2D eigenvalue weighted by Gasteiger charge is 2.25. The summed E-state index contributed by atoms with van der Waals surface area (Å²) < 4.78 is 43.7. The lowest BCUT2D eigenvalue weighted by Crippen LogP contribution is -2.39. The monoisotopic (exact) mass is 354 g/mol. The minimum atomic E-state index is -4.03. The van der Waals surface area contributed by atoms with Crippen LogP contribution in [0.3, 0.4) is 0 Å². The summed E-state index contributed by atoms with van der Waals surface area (Å²) in [6.45, 7) is 1.32. The number of hydrogen-bond acceptors (Lipinski definition) is 5. The molecule has 0 aromatic heterocycles. The van der Waals surface area contributed by atoms with Crippen LogP contribution in [0.15, 0.2) is 21.5 Å². The number of ether oxygens (including phenoxy) is 1. The van der Waals surface area contributed by atoms with Gasteiger partial charge in [0.1, 0.15) is 11.9 Å². The van der Waals surface area contributed by atoms with E-state index in [1.807, 2.05) is 0 Å². The molecule has 0 heterocycles. The van der Waals surface area contributed by atoms with Crippen LogP contribution in [-0.4, -0.2) is 27.5 Å². The summed E-state index contributed by atoms with van der Waals surface area (Å²) in [6.07, 6.45) is 0. The maximum Gasteiger partial charge on any atom is 0.323 e. The van der Waals surface area contributed by atoms with Gasteiger partial charge in [-0.1, -0.05) is 0 Å². The van der Waals surface area contributed by atoms with Crippen molar-refractivity contribution in [3.63, 3.8) is 0 Å². The number of carbonyl (C=O) groups is 1. The summed E-state index contributed by atoms with van der Waals surface area (Å²) >= 11 is 2.93. The first-order valence-corrected chi connectivity index (χ1v) is 7.31. The van der Waals surface area contributed by atoms with Crippen molar-refractivity contribution in [3.05, 3.63) is 22.4 Å². The molecule has 6 nitrogen and oxygen atoms in total. The third-order valence-electron chi connectivity index (χ3n) is 2.23. The molecule has 0 fully saturated rings. The van der Waals surface area contributed by atoms with Crippen LogP contribution in [0.2, 0.25) is 0 Å². The number of rotatable bonds is 4. The molecule has 1 aromatic carbocycles. The zero-order valence-electron chi connectivity index (χ0n) is 10.1. The molecule has 19 heavy (non-hydrogen) atoms. The number of carbonyl (C=O) groups excluding carboxylic acids is 1. The van der Waals surface area contributed by atoms with Crippen LogP contribution < -0.4 is 10.5 Å². The third-order valence-corrected chi connectivity index (χ3v) is 4.73. The molecule has 1 aromatic rings. The van der Waals surface area contributed by atoms with Gasteiger partial charge in [0.2, 0.25) is 10.0 Å². The Morgan fingerprint density at radius 2 is 2.11 bits per heavy atom. The minimum absolute atomic E-state index is 0.00349. The van der Waals surface area contributed by atoms with Gasteiger partial charge in [0, 0.05) is 4.47 Å². The van der Waals surface area contributed by atoms with Gasteiger partial charge in [-0.2, -0.15) is 4.72 Å².